The average molecular weight is 950 g/mol. The fourth-order valence-corrected chi connectivity index (χ4v) is 9.48. The first-order valence-electron chi connectivity index (χ1n) is 32.7. The Morgan fingerprint density at radius 1 is 0.542 bits per heavy atom. The largest absolute Gasteiger partial charge is 0.458 e. The molecule has 0 N–H and O–H groups in total. The molecule has 9 aromatic carbocycles. The van der Waals surface area contributed by atoms with Crippen molar-refractivity contribution in [3.05, 3.63) is 247 Å². The SMILES string of the molecule is [2H]c1c([2H])c([2H])c(-c2cnc(-n3c4ccccc4c4ccc(Oc5cccc(-n6[c-][n+](-c7c(-c8cccc(C(C)(C)C)c8)cccc7-c7c([2H])c([2H])c([2H])c([2H])c7[2H])c7ccc(-c8c(C([2H])([2H])[2H])cccc8C([2H])([2H])[2H])cc76)c5)cc43)cc2C([2H])([2H])[2H])c([2H])c1[2H]. The van der Waals surface area contributed by atoms with Crippen LogP contribution in [0.4, 0.5) is 0 Å². The topological polar surface area (TPSA) is 35.9 Å². The number of imidazole rings is 1. The first kappa shape index (κ1) is 28.1. The number of rotatable bonds is 9. The smallest absolute Gasteiger partial charge is 0.269 e. The molecule has 0 spiro atoms. The highest BCUT2D eigenvalue weighted by atomic mass is 16.5. The first-order chi connectivity index (χ1) is 42.8. The Morgan fingerprint density at radius 2 is 1.22 bits per heavy atom. The standard InChI is InChI=1S/C67H54N4O/c1-44-19-15-20-45(2)65(44)50-33-36-61-63(39-50)69(43-70(61)66-55(47-21-9-7-10-22-47)30-18-31-56(66)49-25-16-26-51(38-49)67(4,5)6)52-27-17-28-53(40-52)72-54-34-35-58-57-29-13-14-32-60(57)71(62(58)41-54)64-37-46(3)59(42-68-64)48-23-11-8-12-24-48/h7-42H,1-6H3/i1D3,2D3,3D3,7D,8D,9D,10D,11D,12D,21D,22D,23D,24D. The van der Waals surface area contributed by atoms with Gasteiger partial charge in [0.25, 0.3) is 6.33 Å². The molecule has 0 aliphatic heterocycles. The third kappa shape index (κ3) is 7.93. The molecule has 0 atom stereocenters. The van der Waals surface area contributed by atoms with Crippen LogP contribution in [0.1, 0.15) is 69.1 Å². The Bertz CT molecular complexity index is 4900. The molecule has 0 unspecified atom stereocenters. The molecule has 12 aromatic rings. The van der Waals surface area contributed by atoms with Gasteiger partial charge in [0.05, 0.1) is 47.1 Å². The summed E-state index contributed by atoms with van der Waals surface area (Å²) in [6.45, 7) is -2.09. The van der Waals surface area contributed by atoms with Crippen molar-refractivity contribution < 1.29 is 35.3 Å². The summed E-state index contributed by atoms with van der Waals surface area (Å²) in [7, 11) is 0. The van der Waals surface area contributed by atoms with E-state index in [-0.39, 0.29) is 61.3 Å². The Hall–Kier alpha value is -8.80. The van der Waals surface area contributed by atoms with Crippen LogP contribution in [0.2, 0.25) is 0 Å². The van der Waals surface area contributed by atoms with Crippen molar-refractivity contribution in [1.29, 1.82) is 0 Å². The van der Waals surface area contributed by atoms with Crippen molar-refractivity contribution in [2.45, 2.75) is 46.7 Å². The highest BCUT2D eigenvalue weighted by molar-refractivity contribution is 6.09. The van der Waals surface area contributed by atoms with Crippen LogP contribution in [0.5, 0.6) is 11.5 Å². The quantitative estimate of drug-likeness (QED) is 0.107. The number of benzene rings is 9. The molecule has 0 bridgehead atoms. The van der Waals surface area contributed by atoms with Crippen LogP contribution in [0.3, 0.4) is 0 Å². The van der Waals surface area contributed by atoms with Crippen molar-refractivity contribution in [1.82, 2.24) is 14.1 Å². The molecule has 12 rings (SSSR count). The van der Waals surface area contributed by atoms with E-state index in [2.05, 4.69) is 27.1 Å². The zero-order chi connectivity index (χ0) is 65.3. The highest BCUT2D eigenvalue weighted by Crippen LogP contribution is 2.39. The molecule has 5 nitrogen and oxygen atoms in total. The Kier molecular flexibility index (Phi) is 6.98. The lowest BCUT2D eigenvalue weighted by molar-refractivity contribution is -0.571. The summed E-state index contributed by atoms with van der Waals surface area (Å²) < 4.78 is 176. The van der Waals surface area contributed by atoms with E-state index < -0.39 is 81.0 Å². The third-order valence-electron chi connectivity index (χ3n) is 12.9. The summed E-state index contributed by atoms with van der Waals surface area (Å²) in [6.07, 6.45) is 4.75. The van der Waals surface area contributed by atoms with E-state index in [4.69, 9.17) is 33.0 Å². The monoisotopic (exact) mass is 950 g/mol. The third-order valence-corrected chi connectivity index (χ3v) is 12.9. The van der Waals surface area contributed by atoms with Crippen LogP contribution in [0, 0.1) is 26.9 Å². The van der Waals surface area contributed by atoms with Gasteiger partial charge < -0.3 is 4.74 Å². The summed E-state index contributed by atoms with van der Waals surface area (Å²) in [4.78, 5) is 4.71. The van der Waals surface area contributed by atoms with Crippen LogP contribution >= 0.6 is 0 Å². The number of hydrogen-bond donors (Lipinski definition) is 0. The predicted molar refractivity (Wildman–Crippen MR) is 297 cm³/mol. The summed E-state index contributed by atoms with van der Waals surface area (Å²) in [6, 6.07) is 37.9. The fraction of sp³-hybridized carbons (Fsp3) is 0.104. The van der Waals surface area contributed by atoms with Crippen LogP contribution in [0.25, 0.3) is 94.5 Å². The predicted octanol–water partition coefficient (Wildman–Crippen LogP) is 16.9. The van der Waals surface area contributed by atoms with Gasteiger partial charge in [0, 0.05) is 40.9 Å². The van der Waals surface area contributed by atoms with E-state index in [0.29, 0.717) is 50.5 Å². The van der Waals surface area contributed by atoms with Crippen LogP contribution < -0.4 is 9.30 Å². The number of aryl methyl sites for hydroxylation is 3. The van der Waals surface area contributed by atoms with E-state index >= 15 is 0 Å². The van der Waals surface area contributed by atoms with Gasteiger partial charge in [-0.25, -0.2) is 4.98 Å². The molecule has 0 saturated carbocycles. The molecule has 0 radical (unpaired) electrons. The van der Waals surface area contributed by atoms with Crippen molar-refractivity contribution in [2.75, 3.05) is 0 Å². The molecule has 0 aliphatic rings. The lowest BCUT2D eigenvalue weighted by Crippen LogP contribution is -2.31. The van der Waals surface area contributed by atoms with Crippen LogP contribution in [0.15, 0.2) is 218 Å². The summed E-state index contributed by atoms with van der Waals surface area (Å²) in [5, 5.41) is 1.53. The second kappa shape index (κ2) is 17.9. The molecule has 0 aliphatic carbocycles. The number of aromatic nitrogens is 4. The lowest BCUT2D eigenvalue weighted by Gasteiger charge is -2.21. The van der Waals surface area contributed by atoms with Gasteiger partial charge in [0.15, 0.2) is 0 Å². The van der Waals surface area contributed by atoms with Crippen molar-refractivity contribution in [2.24, 2.45) is 0 Å². The molecular weight excluding hydrogens is 877 g/mol. The van der Waals surface area contributed by atoms with E-state index in [9.17, 15) is 2.74 Å². The van der Waals surface area contributed by atoms with Gasteiger partial charge in [-0.2, -0.15) is 0 Å². The Morgan fingerprint density at radius 3 is 1.99 bits per heavy atom. The second-order valence-corrected chi connectivity index (χ2v) is 18.5. The minimum Gasteiger partial charge on any atom is -0.458 e. The zero-order valence-corrected chi connectivity index (χ0v) is 39.2. The summed E-state index contributed by atoms with van der Waals surface area (Å²) in [5.74, 6) is 0.785. The zero-order valence-electron chi connectivity index (χ0n) is 58.2. The number of nitrogens with zero attached hydrogens (tertiary/aromatic N) is 4. The molecule has 3 heterocycles. The van der Waals surface area contributed by atoms with Crippen molar-refractivity contribution in [3.63, 3.8) is 0 Å². The van der Waals surface area contributed by atoms with E-state index in [1.807, 2.05) is 60.7 Å². The van der Waals surface area contributed by atoms with Gasteiger partial charge in [-0.15, -0.1) is 0 Å². The fourth-order valence-electron chi connectivity index (χ4n) is 9.48. The molecule has 5 heteroatoms. The summed E-state index contributed by atoms with van der Waals surface area (Å²) in [5.41, 5.74) is 4.12. The average Bonchev–Trinajstić information content (AvgIpc) is 1.69. The minimum absolute atomic E-state index is 0.0115. The maximum Gasteiger partial charge on any atom is 0.269 e. The number of hydrogen-bond acceptors (Lipinski definition) is 2. The molecule has 0 fully saturated rings. The van der Waals surface area contributed by atoms with Crippen LogP contribution in [-0.2, 0) is 5.41 Å². The van der Waals surface area contributed by atoms with Gasteiger partial charge in [0.1, 0.15) is 17.3 Å². The number of ether oxygens (including phenoxy) is 1. The molecule has 72 heavy (non-hydrogen) atoms. The molecule has 3 aromatic heterocycles. The highest BCUT2D eigenvalue weighted by Gasteiger charge is 2.23. The van der Waals surface area contributed by atoms with Gasteiger partial charge in [-0.3, -0.25) is 13.7 Å². The molecule has 0 amide bonds. The number of fused-ring (bicyclic) bond motifs is 4. The van der Waals surface area contributed by atoms with E-state index in [0.717, 1.165) is 21.9 Å². The van der Waals surface area contributed by atoms with E-state index in [1.54, 1.807) is 80.4 Å². The minimum atomic E-state index is -2.84. The maximum atomic E-state index is 9.28. The molecule has 0 saturated heterocycles. The van der Waals surface area contributed by atoms with Gasteiger partial charge >= 0.3 is 0 Å². The second-order valence-electron chi connectivity index (χ2n) is 18.5. The van der Waals surface area contributed by atoms with Gasteiger partial charge in [-0.05, 0) is 136 Å². The summed E-state index contributed by atoms with van der Waals surface area (Å²) >= 11 is 0. The molecule has 348 valence electrons. The van der Waals surface area contributed by atoms with Gasteiger partial charge in [0.2, 0.25) is 0 Å². The number of para-hydroxylation sites is 2. The van der Waals surface area contributed by atoms with Crippen molar-refractivity contribution in [3.8, 4) is 73.2 Å². The van der Waals surface area contributed by atoms with Crippen molar-refractivity contribution >= 4 is 32.8 Å². The lowest BCUT2D eigenvalue weighted by atomic mass is 9.85. The van der Waals surface area contributed by atoms with Gasteiger partial charge in [-0.1, -0.05) is 178 Å². The molecular formula is C67H54N4O. The Balaban J connectivity index is 1.07. The normalized spacial score (nSPS) is 16.1. The first-order valence-corrected chi connectivity index (χ1v) is 23.2. The number of pyridine rings is 1. The maximum absolute atomic E-state index is 9.28. The van der Waals surface area contributed by atoms with Crippen LogP contribution in [-0.4, -0.2) is 14.1 Å². The van der Waals surface area contributed by atoms with E-state index in [1.165, 1.54) is 30.5 Å². The Labute approximate surface area is 448 Å².